The van der Waals surface area contributed by atoms with E-state index in [9.17, 15) is 4.79 Å². The summed E-state index contributed by atoms with van der Waals surface area (Å²) in [6.07, 6.45) is 3.51. The number of hydrogen-bond donors (Lipinski definition) is 2. The van der Waals surface area contributed by atoms with Crippen molar-refractivity contribution in [2.75, 3.05) is 25.6 Å². The third kappa shape index (κ3) is 6.88. The Morgan fingerprint density at radius 2 is 1.93 bits per heavy atom. The van der Waals surface area contributed by atoms with Gasteiger partial charge in [-0.25, -0.2) is 0 Å². The monoisotopic (exact) mass is 430 g/mol. The zero-order valence-corrected chi connectivity index (χ0v) is 17.9. The zero-order valence-electron chi connectivity index (χ0n) is 17.1. The van der Waals surface area contributed by atoms with Gasteiger partial charge >= 0.3 is 0 Å². The van der Waals surface area contributed by atoms with Crippen LogP contribution in [0, 0.1) is 0 Å². The first-order valence-corrected chi connectivity index (χ1v) is 9.47. The Kier molecular flexibility index (Phi) is 9.34. The summed E-state index contributed by atoms with van der Waals surface area (Å²) in [4.78, 5) is 12.6. The molecule has 1 unspecified atom stereocenters. The van der Waals surface area contributed by atoms with Gasteiger partial charge in [0.25, 0.3) is 0 Å². The number of carbonyl (C=O) groups is 1. The van der Waals surface area contributed by atoms with Crippen LogP contribution < -0.4 is 15.4 Å². The van der Waals surface area contributed by atoms with Gasteiger partial charge in [0.05, 0.1) is 19.4 Å². The van der Waals surface area contributed by atoms with Gasteiger partial charge in [-0.15, -0.1) is 12.4 Å². The predicted octanol–water partition coefficient (Wildman–Crippen LogP) is 3.34. The smallest absolute Gasteiger partial charge is 0.246 e. The second-order valence-electron chi connectivity index (χ2n) is 6.57. The minimum absolute atomic E-state index is 0. The van der Waals surface area contributed by atoms with Crippen LogP contribution in [0.3, 0.4) is 0 Å². The molecule has 160 valence electrons. The number of nitrogens with one attached hydrogen (secondary N) is 2. The highest BCUT2D eigenvalue weighted by Crippen LogP contribution is 2.17. The predicted molar refractivity (Wildman–Crippen MR) is 119 cm³/mol. The molecule has 0 bridgehead atoms. The molecule has 0 saturated carbocycles. The highest BCUT2D eigenvalue weighted by molar-refractivity contribution is 5.95. The van der Waals surface area contributed by atoms with Gasteiger partial charge in [0, 0.05) is 24.5 Å². The van der Waals surface area contributed by atoms with E-state index in [1.54, 1.807) is 17.9 Å². The highest BCUT2D eigenvalue weighted by atomic mass is 35.5. The van der Waals surface area contributed by atoms with E-state index in [-0.39, 0.29) is 18.3 Å². The van der Waals surface area contributed by atoms with Crippen molar-refractivity contribution >= 4 is 24.0 Å². The van der Waals surface area contributed by atoms with Crippen molar-refractivity contribution in [1.82, 2.24) is 15.1 Å². The van der Waals surface area contributed by atoms with Gasteiger partial charge in [-0.05, 0) is 36.9 Å². The molecule has 1 amide bonds. The number of para-hydroxylation sites is 1. The molecule has 8 heteroatoms. The fourth-order valence-corrected chi connectivity index (χ4v) is 2.92. The number of hydrogen-bond acceptors (Lipinski definition) is 5. The van der Waals surface area contributed by atoms with Crippen LogP contribution in [0.4, 0.5) is 5.69 Å². The van der Waals surface area contributed by atoms with Crippen molar-refractivity contribution in [1.29, 1.82) is 0 Å². The summed E-state index contributed by atoms with van der Waals surface area (Å²) >= 11 is 0. The number of halogens is 1. The zero-order chi connectivity index (χ0) is 20.5. The minimum Gasteiger partial charge on any atom is -0.491 e. The average Bonchev–Trinajstić information content (AvgIpc) is 3.15. The molecule has 0 spiro atoms. The van der Waals surface area contributed by atoms with E-state index in [4.69, 9.17) is 9.47 Å². The highest BCUT2D eigenvalue weighted by Gasteiger charge is 2.20. The second kappa shape index (κ2) is 12.0. The van der Waals surface area contributed by atoms with Crippen molar-refractivity contribution in [3.8, 4) is 5.75 Å². The molecule has 7 nitrogen and oxygen atoms in total. The van der Waals surface area contributed by atoms with Crippen molar-refractivity contribution in [2.45, 2.75) is 12.6 Å². The van der Waals surface area contributed by atoms with E-state index < -0.39 is 6.04 Å². The van der Waals surface area contributed by atoms with Gasteiger partial charge in [0.15, 0.2) is 0 Å². The molecule has 0 aliphatic heterocycles. The van der Waals surface area contributed by atoms with Crippen LogP contribution in [0.15, 0.2) is 67.0 Å². The number of nitrogens with zero attached hydrogens (tertiary/aromatic N) is 2. The van der Waals surface area contributed by atoms with E-state index >= 15 is 0 Å². The van der Waals surface area contributed by atoms with Crippen LogP contribution in [0.2, 0.25) is 0 Å². The molecule has 0 saturated heterocycles. The number of anilines is 1. The van der Waals surface area contributed by atoms with Crippen molar-refractivity contribution in [3.05, 3.63) is 78.1 Å². The lowest BCUT2D eigenvalue weighted by molar-refractivity contribution is -0.118. The van der Waals surface area contributed by atoms with Gasteiger partial charge < -0.3 is 20.1 Å². The fraction of sp³-hybridized carbons (Fsp3) is 0.273. The molecule has 2 N–H and O–H groups in total. The summed E-state index contributed by atoms with van der Waals surface area (Å²) in [5.74, 6) is 0.684. The van der Waals surface area contributed by atoms with E-state index in [0.29, 0.717) is 19.8 Å². The lowest BCUT2D eigenvalue weighted by Gasteiger charge is -2.15. The molecule has 0 fully saturated rings. The number of aromatic nitrogens is 2. The first kappa shape index (κ1) is 23.4. The number of rotatable bonds is 10. The SMILES string of the molecule is CNC(C(=O)Nc1cccc(COCCOc2ccccc2)c1)c1cnn(C)c1.Cl. The van der Waals surface area contributed by atoms with Crippen molar-refractivity contribution < 1.29 is 14.3 Å². The topological polar surface area (TPSA) is 77.4 Å². The maximum atomic E-state index is 12.6. The Balaban J connectivity index is 0.00000320. The van der Waals surface area contributed by atoms with Crippen LogP contribution >= 0.6 is 12.4 Å². The first-order valence-electron chi connectivity index (χ1n) is 9.47. The Bertz CT molecular complexity index is 918. The van der Waals surface area contributed by atoms with E-state index in [0.717, 1.165) is 22.6 Å². The Morgan fingerprint density at radius 3 is 2.63 bits per heavy atom. The van der Waals surface area contributed by atoms with Crippen LogP contribution in [0.5, 0.6) is 5.75 Å². The van der Waals surface area contributed by atoms with E-state index in [1.165, 1.54) is 0 Å². The summed E-state index contributed by atoms with van der Waals surface area (Å²) in [6.45, 7) is 1.41. The molecule has 0 aliphatic carbocycles. The summed E-state index contributed by atoms with van der Waals surface area (Å²) in [7, 11) is 3.57. The maximum Gasteiger partial charge on any atom is 0.246 e. The molecule has 2 aromatic carbocycles. The summed E-state index contributed by atoms with van der Waals surface area (Å²) in [6, 6.07) is 16.8. The summed E-state index contributed by atoms with van der Waals surface area (Å²) in [5.41, 5.74) is 2.51. The van der Waals surface area contributed by atoms with E-state index in [2.05, 4.69) is 15.7 Å². The summed E-state index contributed by atoms with van der Waals surface area (Å²) < 4.78 is 13.0. The normalized spacial score (nSPS) is 11.4. The average molecular weight is 431 g/mol. The van der Waals surface area contributed by atoms with Crippen molar-refractivity contribution in [2.24, 2.45) is 7.05 Å². The van der Waals surface area contributed by atoms with Crippen LogP contribution in [0.1, 0.15) is 17.2 Å². The van der Waals surface area contributed by atoms with Crippen LogP contribution in [-0.4, -0.2) is 35.9 Å². The Hall–Kier alpha value is -2.87. The van der Waals surface area contributed by atoms with Gasteiger partial charge in [-0.2, -0.15) is 5.10 Å². The number of ether oxygens (including phenoxy) is 2. The Morgan fingerprint density at radius 1 is 1.13 bits per heavy atom. The molecule has 0 aliphatic rings. The van der Waals surface area contributed by atoms with Gasteiger partial charge in [-0.3, -0.25) is 9.48 Å². The molecule has 0 radical (unpaired) electrons. The minimum atomic E-state index is -0.473. The second-order valence-corrected chi connectivity index (χ2v) is 6.57. The van der Waals surface area contributed by atoms with E-state index in [1.807, 2.05) is 67.8 Å². The molecule has 1 heterocycles. The third-order valence-electron chi connectivity index (χ3n) is 4.31. The van der Waals surface area contributed by atoms with Gasteiger partial charge in [0.1, 0.15) is 18.4 Å². The standard InChI is InChI=1S/C22H26N4O3.ClH/c1-23-21(18-14-24-26(2)15-18)22(27)25-19-8-6-7-17(13-19)16-28-11-12-29-20-9-4-3-5-10-20;/h3-10,13-15,21,23H,11-12,16H2,1-2H3,(H,25,27);1H. The summed E-state index contributed by atoms with van der Waals surface area (Å²) in [5, 5.41) is 10.1. The molecule has 3 rings (SSSR count). The lowest BCUT2D eigenvalue weighted by atomic mass is 10.1. The molecule has 3 aromatic rings. The molecular formula is C22H27ClN4O3. The Labute approximate surface area is 182 Å². The number of amides is 1. The number of likely N-dealkylation sites (N-methyl/N-ethyl adjacent to an activating group) is 1. The molecule has 1 aromatic heterocycles. The van der Waals surface area contributed by atoms with Crippen molar-refractivity contribution in [3.63, 3.8) is 0 Å². The van der Waals surface area contributed by atoms with Crippen LogP contribution in [-0.2, 0) is 23.2 Å². The van der Waals surface area contributed by atoms with Crippen LogP contribution in [0.25, 0.3) is 0 Å². The number of aryl methyl sites for hydroxylation is 1. The number of carbonyl (C=O) groups excluding carboxylic acids is 1. The number of benzene rings is 2. The lowest BCUT2D eigenvalue weighted by Crippen LogP contribution is -2.30. The van der Waals surface area contributed by atoms with Gasteiger partial charge in [0.2, 0.25) is 5.91 Å². The molecule has 30 heavy (non-hydrogen) atoms. The fourth-order valence-electron chi connectivity index (χ4n) is 2.92. The quantitative estimate of drug-likeness (QED) is 0.482. The van der Waals surface area contributed by atoms with Gasteiger partial charge in [-0.1, -0.05) is 30.3 Å². The maximum absolute atomic E-state index is 12.6. The third-order valence-corrected chi connectivity index (χ3v) is 4.31. The molecule has 1 atom stereocenters. The first-order chi connectivity index (χ1) is 14.2. The largest absolute Gasteiger partial charge is 0.491 e. The molecular weight excluding hydrogens is 404 g/mol.